The van der Waals surface area contributed by atoms with Gasteiger partial charge >= 0.3 is 5.69 Å². The lowest BCUT2D eigenvalue weighted by Crippen LogP contribution is -2.32. The summed E-state index contributed by atoms with van der Waals surface area (Å²) in [6.45, 7) is 2.93. The lowest BCUT2D eigenvalue weighted by molar-refractivity contribution is 0.0749. The van der Waals surface area contributed by atoms with Gasteiger partial charge in [-0.1, -0.05) is 0 Å². The molecular formula is C9H15N3O3. The van der Waals surface area contributed by atoms with E-state index in [-0.39, 0.29) is 18.2 Å². The first-order valence-electron chi connectivity index (χ1n) is 4.86. The van der Waals surface area contributed by atoms with Crippen molar-refractivity contribution in [1.29, 1.82) is 0 Å². The molecule has 6 nitrogen and oxygen atoms in total. The first-order chi connectivity index (χ1) is 7.19. The minimum Gasteiger partial charge on any atom is -0.396 e. The number of carbonyl (C=O) groups is 1. The highest BCUT2D eigenvalue weighted by Gasteiger charge is 2.14. The SMILES string of the molecule is CCN(CCCO)C(=O)c1c[nH]c(=O)[nH]1. The number of aromatic nitrogens is 2. The molecule has 84 valence electrons. The first kappa shape index (κ1) is 11.5. The van der Waals surface area contributed by atoms with E-state index in [1.54, 1.807) is 4.90 Å². The quantitative estimate of drug-likeness (QED) is 0.618. The van der Waals surface area contributed by atoms with E-state index in [1.165, 1.54) is 6.20 Å². The van der Waals surface area contributed by atoms with Crippen molar-refractivity contribution >= 4 is 5.91 Å². The fourth-order valence-corrected chi connectivity index (χ4v) is 1.28. The van der Waals surface area contributed by atoms with Gasteiger partial charge in [0.2, 0.25) is 0 Å². The summed E-state index contributed by atoms with van der Waals surface area (Å²) >= 11 is 0. The molecule has 1 rings (SSSR count). The van der Waals surface area contributed by atoms with E-state index in [9.17, 15) is 9.59 Å². The molecule has 1 amide bonds. The Morgan fingerprint density at radius 2 is 2.33 bits per heavy atom. The molecule has 6 heteroatoms. The topological polar surface area (TPSA) is 89.2 Å². The van der Waals surface area contributed by atoms with Gasteiger partial charge < -0.3 is 20.0 Å². The van der Waals surface area contributed by atoms with Crippen molar-refractivity contribution < 1.29 is 9.90 Å². The van der Waals surface area contributed by atoms with Crippen LogP contribution in [0.4, 0.5) is 0 Å². The van der Waals surface area contributed by atoms with Gasteiger partial charge in [-0.3, -0.25) is 4.79 Å². The molecule has 0 aliphatic rings. The molecule has 0 bridgehead atoms. The molecule has 0 aliphatic carbocycles. The van der Waals surface area contributed by atoms with Crippen LogP contribution in [0.5, 0.6) is 0 Å². The Balaban J connectivity index is 2.68. The van der Waals surface area contributed by atoms with E-state index in [4.69, 9.17) is 5.11 Å². The number of rotatable bonds is 5. The van der Waals surface area contributed by atoms with Gasteiger partial charge in [0.25, 0.3) is 5.91 Å². The second-order valence-corrected chi connectivity index (χ2v) is 3.12. The lowest BCUT2D eigenvalue weighted by atomic mass is 10.3. The summed E-state index contributed by atoms with van der Waals surface area (Å²) in [7, 11) is 0. The van der Waals surface area contributed by atoms with Crippen LogP contribution in [-0.4, -0.2) is 45.6 Å². The Morgan fingerprint density at radius 3 is 2.80 bits per heavy atom. The smallest absolute Gasteiger partial charge is 0.323 e. The average molecular weight is 213 g/mol. The van der Waals surface area contributed by atoms with Gasteiger partial charge in [0.1, 0.15) is 5.69 Å². The normalized spacial score (nSPS) is 10.3. The third-order valence-electron chi connectivity index (χ3n) is 2.08. The van der Waals surface area contributed by atoms with Crippen LogP contribution >= 0.6 is 0 Å². The van der Waals surface area contributed by atoms with Crippen molar-refractivity contribution in [1.82, 2.24) is 14.9 Å². The largest absolute Gasteiger partial charge is 0.396 e. The summed E-state index contributed by atoms with van der Waals surface area (Å²) in [5, 5.41) is 8.67. The lowest BCUT2D eigenvalue weighted by Gasteiger charge is -2.19. The Labute approximate surface area is 86.9 Å². The van der Waals surface area contributed by atoms with Gasteiger partial charge in [-0.05, 0) is 13.3 Å². The van der Waals surface area contributed by atoms with Crippen molar-refractivity contribution in [3.8, 4) is 0 Å². The number of amides is 1. The highest BCUT2D eigenvalue weighted by Crippen LogP contribution is 1.99. The first-order valence-corrected chi connectivity index (χ1v) is 4.86. The predicted octanol–water partition coefficient (Wildman–Crippen LogP) is -0.453. The minimum absolute atomic E-state index is 0.0490. The van der Waals surface area contributed by atoms with Crippen LogP contribution < -0.4 is 5.69 Å². The number of aromatic amines is 2. The molecule has 0 aromatic carbocycles. The van der Waals surface area contributed by atoms with E-state index in [0.717, 1.165) is 0 Å². The average Bonchev–Trinajstić information content (AvgIpc) is 2.65. The van der Waals surface area contributed by atoms with Gasteiger partial charge in [-0.25, -0.2) is 4.79 Å². The molecule has 15 heavy (non-hydrogen) atoms. The fraction of sp³-hybridized carbons (Fsp3) is 0.556. The molecular weight excluding hydrogens is 198 g/mol. The maximum atomic E-state index is 11.7. The maximum absolute atomic E-state index is 11.7. The van der Waals surface area contributed by atoms with Crippen LogP contribution in [0, 0.1) is 0 Å². The fourth-order valence-electron chi connectivity index (χ4n) is 1.28. The molecule has 3 N–H and O–H groups in total. The Hall–Kier alpha value is -1.56. The van der Waals surface area contributed by atoms with Crippen molar-refractivity contribution in [3.63, 3.8) is 0 Å². The Kier molecular flexibility index (Phi) is 4.11. The molecule has 0 radical (unpaired) electrons. The molecule has 0 fully saturated rings. The van der Waals surface area contributed by atoms with Crippen LogP contribution in [0.1, 0.15) is 23.8 Å². The Morgan fingerprint density at radius 1 is 1.60 bits per heavy atom. The van der Waals surface area contributed by atoms with Crippen molar-refractivity contribution in [2.75, 3.05) is 19.7 Å². The predicted molar refractivity (Wildman–Crippen MR) is 54.7 cm³/mol. The van der Waals surface area contributed by atoms with Crippen LogP contribution in [-0.2, 0) is 0 Å². The summed E-state index contributed by atoms with van der Waals surface area (Å²) in [4.78, 5) is 28.9. The van der Waals surface area contributed by atoms with Crippen LogP contribution in [0.25, 0.3) is 0 Å². The summed E-state index contributed by atoms with van der Waals surface area (Å²) in [6, 6.07) is 0. The number of imidazole rings is 1. The van der Waals surface area contributed by atoms with Crippen LogP contribution in [0.15, 0.2) is 11.0 Å². The summed E-state index contributed by atoms with van der Waals surface area (Å²) in [5.41, 5.74) is -0.142. The second-order valence-electron chi connectivity index (χ2n) is 3.12. The van der Waals surface area contributed by atoms with E-state index in [0.29, 0.717) is 19.5 Å². The molecule has 0 spiro atoms. The number of nitrogens with one attached hydrogen (secondary N) is 2. The number of H-pyrrole nitrogens is 2. The van der Waals surface area contributed by atoms with Gasteiger partial charge in [-0.15, -0.1) is 0 Å². The molecule has 0 atom stereocenters. The maximum Gasteiger partial charge on any atom is 0.323 e. The molecule has 0 unspecified atom stereocenters. The van der Waals surface area contributed by atoms with Crippen LogP contribution in [0.3, 0.4) is 0 Å². The number of hydrogen-bond donors (Lipinski definition) is 3. The van der Waals surface area contributed by atoms with Crippen molar-refractivity contribution in [2.45, 2.75) is 13.3 Å². The molecule has 1 heterocycles. The molecule has 1 aromatic rings. The molecule has 1 aromatic heterocycles. The molecule has 0 saturated heterocycles. The standard InChI is InChI=1S/C9H15N3O3/c1-2-12(4-3-5-13)8(14)7-6-10-9(15)11-7/h6,13H,2-5H2,1H3,(H2,10,11,15). The molecule has 0 saturated carbocycles. The highest BCUT2D eigenvalue weighted by atomic mass is 16.3. The third kappa shape index (κ3) is 2.95. The third-order valence-corrected chi connectivity index (χ3v) is 2.08. The van der Waals surface area contributed by atoms with E-state index >= 15 is 0 Å². The summed E-state index contributed by atoms with van der Waals surface area (Å²) in [6.07, 6.45) is 1.89. The van der Waals surface area contributed by atoms with Crippen LogP contribution in [0.2, 0.25) is 0 Å². The monoisotopic (exact) mass is 213 g/mol. The number of aliphatic hydroxyl groups is 1. The van der Waals surface area contributed by atoms with E-state index in [1.807, 2.05) is 6.92 Å². The van der Waals surface area contributed by atoms with Gasteiger partial charge in [-0.2, -0.15) is 0 Å². The number of carbonyl (C=O) groups excluding carboxylic acids is 1. The second kappa shape index (κ2) is 5.35. The zero-order chi connectivity index (χ0) is 11.3. The van der Waals surface area contributed by atoms with E-state index < -0.39 is 5.69 Å². The summed E-state index contributed by atoms with van der Waals surface area (Å²) < 4.78 is 0. The minimum atomic E-state index is -0.392. The van der Waals surface area contributed by atoms with Crippen molar-refractivity contribution in [2.24, 2.45) is 0 Å². The number of nitrogens with zero attached hydrogens (tertiary/aromatic N) is 1. The van der Waals surface area contributed by atoms with Crippen molar-refractivity contribution in [3.05, 3.63) is 22.4 Å². The van der Waals surface area contributed by atoms with Gasteiger partial charge in [0, 0.05) is 25.9 Å². The number of aliphatic hydroxyl groups excluding tert-OH is 1. The van der Waals surface area contributed by atoms with E-state index in [2.05, 4.69) is 9.97 Å². The highest BCUT2D eigenvalue weighted by molar-refractivity contribution is 5.91. The van der Waals surface area contributed by atoms with Gasteiger partial charge in [0.15, 0.2) is 0 Å². The van der Waals surface area contributed by atoms with Gasteiger partial charge in [0.05, 0.1) is 0 Å². The number of hydrogen-bond acceptors (Lipinski definition) is 3. The molecule has 0 aliphatic heterocycles. The zero-order valence-electron chi connectivity index (χ0n) is 8.62. The Bertz CT molecular complexity index is 369. The zero-order valence-corrected chi connectivity index (χ0v) is 8.62. The summed E-state index contributed by atoms with van der Waals surface area (Å²) in [5.74, 6) is -0.232.